The normalized spacial score (nSPS) is 12.2. The number of nitrogens with two attached hydrogens (primary N) is 1. The molecule has 1 amide bonds. The lowest BCUT2D eigenvalue weighted by Gasteiger charge is -2.15. The zero-order valence-electron chi connectivity index (χ0n) is 10.6. The summed E-state index contributed by atoms with van der Waals surface area (Å²) in [5.74, 6) is 0.505. The van der Waals surface area contributed by atoms with E-state index in [4.69, 9.17) is 10.5 Å². The van der Waals surface area contributed by atoms with Crippen LogP contribution in [0.25, 0.3) is 0 Å². The Morgan fingerprint density at radius 3 is 2.71 bits per heavy atom. The van der Waals surface area contributed by atoms with Gasteiger partial charge in [0.1, 0.15) is 6.10 Å². The van der Waals surface area contributed by atoms with Crippen molar-refractivity contribution < 1.29 is 9.53 Å². The van der Waals surface area contributed by atoms with Gasteiger partial charge in [-0.15, -0.1) is 0 Å². The van der Waals surface area contributed by atoms with Gasteiger partial charge in [0.2, 0.25) is 0 Å². The van der Waals surface area contributed by atoms with E-state index in [1.165, 1.54) is 0 Å². The summed E-state index contributed by atoms with van der Waals surface area (Å²) in [5, 5.41) is 2.65. The van der Waals surface area contributed by atoms with Crippen molar-refractivity contribution >= 4 is 17.5 Å². The van der Waals surface area contributed by atoms with Crippen molar-refractivity contribution in [3.8, 4) is 0 Å². The van der Waals surface area contributed by atoms with Crippen molar-refractivity contribution in [3.05, 3.63) is 24.3 Å². The second-order valence-electron chi connectivity index (χ2n) is 4.60. The maximum atomic E-state index is 11.5. The molecule has 0 spiro atoms. The van der Waals surface area contributed by atoms with Crippen LogP contribution in [0.5, 0.6) is 0 Å². The number of nitrogen functional groups attached to an aromatic ring is 1. The summed E-state index contributed by atoms with van der Waals surface area (Å²) in [5.41, 5.74) is 6.86. The first kappa shape index (κ1) is 13.4. The molecule has 0 fully saturated rings. The quantitative estimate of drug-likeness (QED) is 0.789. The predicted octanol–water partition coefficient (Wildman–Crippen LogP) is 3.25. The highest BCUT2D eigenvalue weighted by Crippen LogP contribution is 2.13. The highest BCUT2D eigenvalue weighted by molar-refractivity contribution is 5.85. The van der Waals surface area contributed by atoms with Crippen LogP contribution in [0, 0.1) is 5.92 Å². The molecule has 0 aliphatic carbocycles. The fraction of sp³-hybridized carbons (Fsp3) is 0.462. The van der Waals surface area contributed by atoms with Crippen molar-refractivity contribution in [3.63, 3.8) is 0 Å². The molecule has 0 saturated heterocycles. The molecule has 4 nitrogen and oxygen atoms in total. The van der Waals surface area contributed by atoms with E-state index in [1.807, 2.05) is 6.92 Å². The highest BCUT2D eigenvalue weighted by Gasteiger charge is 2.11. The topological polar surface area (TPSA) is 64.3 Å². The molecule has 0 aromatic heterocycles. The lowest BCUT2D eigenvalue weighted by molar-refractivity contribution is 0.108. The Morgan fingerprint density at radius 1 is 1.41 bits per heavy atom. The molecule has 1 atom stereocenters. The second-order valence-corrected chi connectivity index (χ2v) is 4.60. The molecule has 3 N–H and O–H groups in total. The molecule has 0 aliphatic heterocycles. The van der Waals surface area contributed by atoms with Crippen molar-refractivity contribution in [2.24, 2.45) is 5.92 Å². The summed E-state index contributed by atoms with van der Waals surface area (Å²) >= 11 is 0. The minimum Gasteiger partial charge on any atom is -0.446 e. The molecule has 0 saturated carbocycles. The lowest BCUT2D eigenvalue weighted by Crippen LogP contribution is -2.21. The lowest BCUT2D eigenvalue weighted by atomic mass is 10.1. The molecule has 94 valence electrons. The average molecular weight is 236 g/mol. The van der Waals surface area contributed by atoms with Gasteiger partial charge in [-0.2, -0.15) is 0 Å². The van der Waals surface area contributed by atoms with Gasteiger partial charge in [-0.3, -0.25) is 5.32 Å². The number of benzene rings is 1. The highest BCUT2D eigenvalue weighted by atomic mass is 16.6. The van der Waals surface area contributed by atoms with Gasteiger partial charge >= 0.3 is 6.09 Å². The molecule has 4 heteroatoms. The van der Waals surface area contributed by atoms with Crippen molar-refractivity contribution in [1.82, 2.24) is 0 Å². The number of hydrogen-bond donors (Lipinski definition) is 2. The summed E-state index contributed by atoms with van der Waals surface area (Å²) in [6.07, 6.45) is 0.324. The maximum absolute atomic E-state index is 11.5. The van der Waals surface area contributed by atoms with Crippen LogP contribution in [0.4, 0.5) is 16.2 Å². The first-order chi connectivity index (χ1) is 7.97. The van der Waals surface area contributed by atoms with Crippen molar-refractivity contribution in [1.29, 1.82) is 0 Å². The number of carbonyl (C=O) groups excluding carboxylic acids is 1. The van der Waals surface area contributed by atoms with Crippen LogP contribution in [0.2, 0.25) is 0 Å². The van der Waals surface area contributed by atoms with Crippen LogP contribution in [-0.2, 0) is 4.74 Å². The monoisotopic (exact) mass is 236 g/mol. The van der Waals surface area contributed by atoms with Gasteiger partial charge in [0.05, 0.1) is 0 Å². The van der Waals surface area contributed by atoms with Crippen LogP contribution < -0.4 is 11.1 Å². The fourth-order valence-corrected chi connectivity index (χ4v) is 1.66. The predicted molar refractivity (Wildman–Crippen MR) is 69.9 cm³/mol. The van der Waals surface area contributed by atoms with E-state index in [0.717, 1.165) is 6.42 Å². The van der Waals surface area contributed by atoms with Crippen molar-refractivity contribution in [2.45, 2.75) is 33.3 Å². The number of amides is 1. The molecule has 17 heavy (non-hydrogen) atoms. The number of rotatable bonds is 4. The molecular weight excluding hydrogens is 216 g/mol. The van der Waals surface area contributed by atoms with Crippen LogP contribution >= 0.6 is 0 Å². The molecule has 1 aromatic carbocycles. The number of carbonyl (C=O) groups is 1. The Hall–Kier alpha value is -1.71. The molecule has 0 heterocycles. The van der Waals surface area contributed by atoms with Gasteiger partial charge in [0.25, 0.3) is 0 Å². The summed E-state index contributed by atoms with van der Waals surface area (Å²) in [4.78, 5) is 11.5. The van der Waals surface area contributed by atoms with E-state index >= 15 is 0 Å². The summed E-state index contributed by atoms with van der Waals surface area (Å²) in [6, 6.07) is 7.00. The molecule has 0 bridgehead atoms. The third-order valence-electron chi connectivity index (χ3n) is 2.24. The zero-order chi connectivity index (χ0) is 12.8. The Kier molecular flexibility index (Phi) is 4.82. The Morgan fingerprint density at radius 2 is 2.12 bits per heavy atom. The minimum absolute atomic E-state index is 0.0870. The molecule has 0 radical (unpaired) electrons. The Bertz CT molecular complexity index is 377. The van der Waals surface area contributed by atoms with E-state index in [0.29, 0.717) is 17.3 Å². The maximum Gasteiger partial charge on any atom is 0.411 e. The second kappa shape index (κ2) is 6.13. The molecule has 0 aliphatic rings. The minimum atomic E-state index is -0.441. The standard InChI is InChI=1S/C13H20N2O2/c1-9(2)7-10(3)17-13(16)15-12-6-4-5-11(14)8-12/h4-6,8-10H,7,14H2,1-3H3,(H,15,16). The van der Waals surface area contributed by atoms with Gasteiger partial charge < -0.3 is 10.5 Å². The SMILES string of the molecule is CC(C)CC(C)OC(=O)Nc1cccc(N)c1. The third-order valence-corrected chi connectivity index (χ3v) is 2.24. The van der Waals surface area contributed by atoms with Crippen LogP contribution in [0.1, 0.15) is 27.2 Å². The summed E-state index contributed by atoms with van der Waals surface area (Å²) in [7, 11) is 0. The van der Waals surface area contributed by atoms with E-state index < -0.39 is 6.09 Å². The van der Waals surface area contributed by atoms with Gasteiger partial charge in [-0.25, -0.2) is 4.79 Å². The van der Waals surface area contributed by atoms with Crippen LogP contribution in [0.3, 0.4) is 0 Å². The molecule has 1 unspecified atom stereocenters. The van der Waals surface area contributed by atoms with E-state index in [2.05, 4.69) is 19.2 Å². The van der Waals surface area contributed by atoms with E-state index in [1.54, 1.807) is 24.3 Å². The molecule has 1 aromatic rings. The number of anilines is 2. The van der Waals surface area contributed by atoms with Gasteiger partial charge in [-0.1, -0.05) is 19.9 Å². The van der Waals surface area contributed by atoms with Crippen LogP contribution in [-0.4, -0.2) is 12.2 Å². The summed E-state index contributed by atoms with van der Waals surface area (Å²) < 4.78 is 5.21. The van der Waals surface area contributed by atoms with Gasteiger partial charge in [0.15, 0.2) is 0 Å². The van der Waals surface area contributed by atoms with Crippen LogP contribution in [0.15, 0.2) is 24.3 Å². The third kappa shape index (κ3) is 5.24. The average Bonchev–Trinajstić information content (AvgIpc) is 2.14. The van der Waals surface area contributed by atoms with Crippen molar-refractivity contribution in [2.75, 3.05) is 11.1 Å². The van der Waals surface area contributed by atoms with Gasteiger partial charge in [-0.05, 0) is 37.5 Å². The number of hydrogen-bond acceptors (Lipinski definition) is 3. The smallest absolute Gasteiger partial charge is 0.411 e. The Labute approximate surface area is 102 Å². The van der Waals surface area contributed by atoms with E-state index in [9.17, 15) is 4.79 Å². The zero-order valence-corrected chi connectivity index (χ0v) is 10.6. The number of nitrogens with one attached hydrogen (secondary N) is 1. The summed E-state index contributed by atoms with van der Waals surface area (Å²) in [6.45, 7) is 6.07. The molecule has 1 rings (SSSR count). The Balaban J connectivity index is 2.44. The largest absolute Gasteiger partial charge is 0.446 e. The first-order valence-corrected chi connectivity index (χ1v) is 5.80. The first-order valence-electron chi connectivity index (χ1n) is 5.80. The molecular formula is C13H20N2O2. The van der Waals surface area contributed by atoms with Gasteiger partial charge in [0, 0.05) is 11.4 Å². The van der Waals surface area contributed by atoms with E-state index in [-0.39, 0.29) is 6.10 Å². The number of ether oxygens (including phenoxy) is 1. The fourth-order valence-electron chi connectivity index (χ4n) is 1.66.